The van der Waals surface area contributed by atoms with Gasteiger partial charge in [0.1, 0.15) is 11.6 Å². The van der Waals surface area contributed by atoms with Gasteiger partial charge in [-0.1, -0.05) is 35.9 Å². The molecule has 0 bridgehead atoms. The van der Waals surface area contributed by atoms with Crippen molar-refractivity contribution in [3.63, 3.8) is 0 Å². The molecule has 0 aliphatic carbocycles. The molecule has 0 aliphatic heterocycles. The Hall–Kier alpha value is -2.92. The van der Waals surface area contributed by atoms with Gasteiger partial charge in [-0.05, 0) is 36.4 Å². The lowest BCUT2D eigenvalue weighted by Crippen LogP contribution is -2.15. The molecule has 120 valence electrons. The Labute approximate surface area is 143 Å². The highest BCUT2D eigenvalue weighted by Gasteiger charge is 2.16. The molecule has 0 unspecified atom stereocenters. The van der Waals surface area contributed by atoms with Crippen LogP contribution in [0, 0.1) is 5.82 Å². The van der Waals surface area contributed by atoms with E-state index >= 15 is 0 Å². The number of hydrogen-bond donors (Lipinski definition) is 2. The van der Waals surface area contributed by atoms with Crippen molar-refractivity contribution in [2.75, 3.05) is 10.6 Å². The largest absolute Gasteiger partial charge is 0.354 e. The zero-order chi connectivity index (χ0) is 16.9. The number of rotatable bonds is 4. The number of carbonyl (C=O) groups excluding carboxylic acids is 1. The van der Waals surface area contributed by atoms with Gasteiger partial charge in [0.2, 0.25) is 0 Å². The van der Waals surface area contributed by atoms with E-state index in [1.165, 1.54) is 18.2 Å². The quantitative estimate of drug-likeness (QED) is 0.711. The standard InChI is InChI=1S/C18H13ClFN3O/c19-14-7-4-8-15(20)17(14)18(24)23-16-10-9-13(11-21-16)22-12-5-2-1-3-6-12/h1-11,22H,(H,21,23,24). The van der Waals surface area contributed by atoms with Crippen LogP contribution in [0.4, 0.5) is 21.6 Å². The van der Waals surface area contributed by atoms with Crippen LogP contribution in [0.5, 0.6) is 0 Å². The van der Waals surface area contributed by atoms with Crippen LogP contribution in [0.1, 0.15) is 10.4 Å². The Bertz CT molecular complexity index is 834. The first-order valence-electron chi connectivity index (χ1n) is 7.17. The van der Waals surface area contributed by atoms with Crippen molar-refractivity contribution in [1.82, 2.24) is 4.98 Å². The maximum atomic E-state index is 13.7. The van der Waals surface area contributed by atoms with Crippen molar-refractivity contribution in [3.05, 3.63) is 83.3 Å². The summed E-state index contributed by atoms with van der Waals surface area (Å²) in [5.74, 6) is -1.02. The van der Waals surface area contributed by atoms with E-state index in [0.717, 1.165) is 11.4 Å². The second-order valence-corrected chi connectivity index (χ2v) is 5.38. The molecule has 6 heteroatoms. The van der Waals surface area contributed by atoms with Crippen molar-refractivity contribution >= 4 is 34.7 Å². The van der Waals surface area contributed by atoms with Gasteiger partial charge in [-0.15, -0.1) is 0 Å². The Kier molecular flexibility index (Phi) is 4.72. The summed E-state index contributed by atoms with van der Waals surface area (Å²) in [7, 11) is 0. The average Bonchev–Trinajstić information content (AvgIpc) is 2.57. The molecule has 2 aromatic carbocycles. The number of amides is 1. The second-order valence-electron chi connectivity index (χ2n) is 4.97. The Morgan fingerprint density at radius 2 is 1.75 bits per heavy atom. The summed E-state index contributed by atoms with van der Waals surface area (Å²) in [6.45, 7) is 0. The molecule has 1 amide bonds. The number of halogens is 2. The molecule has 0 saturated carbocycles. The highest BCUT2D eigenvalue weighted by molar-refractivity contribution is 6.34. The monoisotopic (exact) mass is 341 g/mol. The van der Waals surface area contributed by atoms with E-state index in [2.05, 4.69) is 15.6 Å². The lowest BCUT2D eigenvalue weighted by Gasteiger charge is -2.09. The third kappa shape index (κ3) is 3.70. The highest BCUT2D eigenvalue weighted by Crippen LogP contribution is 2.21. The van der Waals surface area contributed by atoms with Gasteiger partial charge < -0.3 is 10.6 Å². The van der Waals surface area contributed by atoms with Gasteiger partial charge in [0.15, 0.2) is 0 Å². The molecule has 0 radical (unpaired) electrons. The maximum absolute atomic E-state index is 13.7. The van der Waals surface area contributed by atoms with Gasteiger partial charge in [0.05, 0.1) is 22.5 Å². The molecular weight excluding hydrogens is 329 g/mol. The number of hydrogen-bond acceptors (Lipinski definition) is 3. The molecule has 2 N–H and O–H groups in total. The predicted octanol–water partition coefficient (Wildman–Crippen LogP) is 4.87. The van der Waals surface area contributed by atoms with Gasteiger partial charge >= 0.3 is 0 Å². The number of carbonyl (C=O) groups is 1. The van der Waals surface area contributed by atoms with Crippen LogP contribution in [0.2, 0.25) is 5.02 Å². The molecule has 0 aliphatic rings. The number of pyridine rings is 1. The van der Waals surface area contributed by atoms with Crippen LogP contribution in [0.15, 0.2) is 66.9 Å². The fourth-order valence-corrected chi connectivity index (χ4v) is 2.37. The topological polar surface area (TPSA) is 54.0 Å². The number of benzene rings is 2. The third-order valence-corrected chi connectivity index (χ3v) is 3.57. The van der Waals surface area contributed by atoms with Gasteiger partial charge in [0.25, 0.3) is 5.91 Å². The summed E-state index contributed by atoms with van der Waals surface area (Å²) in [5, 5.41) is 5.76. The minimum Gasteiger partial charge on any atom is -0.354 e. The lowest BCUT2D eigenvalue weighted by molar-refractivity contribution is 0.102. The molecule has 0 atom stereocenters. The molecule has 4 nitrogen and oxygen atoms in total. The summed E-state index contributed by atoms with van der Waals surface area (Å²) in [6.07, 6.45) is 1.57. The van der Waals surface area contributed by atoms with Gasteiger partial charge in [-0.2, -0.15) is 0 Å². The molecule has 3 aromatic rings. The summed E-state index contributed by atoms with van der Waals surface area (Å²) >= 11 is 5.87. The van der Waals surface area contributed by atoms with Crippen LogP contribution in [0.25, 0.3) is 0 Å². The van der Waals surface area contributed by atoms with Crippen LogP contribution < -0.4 is 10.6 Å². The first-order chi connectivity index (χ1) is 11.6. The summed E-state index contributed by atoms with van der Waals surface area (Å²) in [6, 6.07) is 17.1. The fourth-order valence-electron chi connectivity index (χ4n) is 2.12. The summed E-state index contributed by atoms with van der Waals surface area (Å²) in [5.41, 5.74) is 1.49. The van der Waals surface area contributed by atoms with Crippen molar-refractivity contribution in [3.8, 4) is 0 Å². The van der Waals surface area contributed by atoms with Crippen LogP contribution in [0.3, 0.4) is 0 Å². The molecule has 0 fully saturated rings. The molecular formula is C18H13ClFN3O. The molecule has 0 saturated heterocycles. The summed E-state index contributed by atoms with van der Waals surface area (Å²) in [4.78, 5) is 16.3. The Morgan fingerprint density at radius 3 is 2.42 bits per heavy atom. The molecule has 1 heterocycles. The van der Waals surface area contributed by atoms with Crippen molar-refractivity contribution < 1.29 is 9.18 Å². The molecule has 0 spiro atoms. The number of aromatic nitrogens is 1. The minimum absolute atomic E-state index is 0.0508. The smallest absolute Gasteiger partial charge is 0.261 e. The average molecular weight is 342 g/mol. The van der Waals surface area contributed by atoms with Crippen LogP contribution in [-0.4, -0.2) is 10.9 Å². The number of nitrogens with zero attached hydrogens (tertiary/aromatic N) is 1. The van der Waals surface area contributed by atoms with Gasteiger partial charge in [-0.25, -0.2) is 9.37 Å². The normalized spacial score (nSPS) is 10.2. The lowest BCUT2D eigenvalue weighted by atomic mass is 10.2. The zero-order valence-electron chi connectivity index (χ0n) is 12.5. The highest BCUT2D eigenvalue weighted by atomic mass is 35.5. The van der Waals surface area contributed by atoms with E-state index in [-0.39, 0.29) is 10.6 Å². The van der Waals surface area contributed by atoms with E-state index in [9.17, 15) is 9.18 Å². The zero-order valence-corrected chi connectivity index (χ0v) is 13.2. The maximum Gasteiger partial charge on any atom is 0.261 e. The number of nitrogens with one attached hydrogen (secondary N) is 2. The van der Waals surface area contributed by atoms with Crippen LogP contribution >= 0.6 is 11.6 Å². The fraction of sp³-hybridized carbons (Fsp3) is 0. The number of para-hydroxylation sites is 1. The van der Waals surface area contributed by atoms with Gasteiger partial charge in [-0.3, -0.25) is 4.79 Å². The SMILES string of the molecule is O=C(Nc1ccc(Nc2ccccc2)cn1)c1c(F)cccc1Cl. The molecule has 1 aromatic heterocycles. The predicted molar refractivity (Wildman–Crippen MR) is 93.3 cm³/mol. The second kappa shape index (κ2) is 7.10. The summed E-state index contributed by atoms with van der Waals surface area (Å²) < 4.78 is 13.7. The van der Waals surface area contributed by atoms with Crippen molar-refractivity contribution in [2.24, 2.45) is 0 Å². The first kappa shape index (κ1) is 16.0. The van der Waals surface area contributed by atoms with Crippen LogP contribution in [-0.2, 0) is 0 Å². The van der Waals surface area contributed by atoms with Crippen molar-refractivity contribution in [1.29, 1.82) is 0 Å². The first-order valence-corrected chi connectivity index (χ1v) is 7.55. The van der Waals surface area contributed by atoms with E-state index in [1.807, 2.05) is 30.3 Å². The molecule has 3 rings (SSSR count). The number of anilines is 3. The minimum atomic E-state index is -0.678. The van der Waals surface area contributed by atoms with E-state index < -0.39 is 11.7 Å². The van der Waals surface area contributed by atoms with E-state index in [0.29, 0.717) is 5.82 Å². The Balaban J connectivity index is 1.71. The Morgan fingerprint density at radius 1 is 0.958 bits per heavy atom. The van der Waals surface area contributed by atoms with E-state index in [4.69, 9.17) is 11.6 Å². The van der Waals surface area contributed by atoms with E-state index in [1.54, 1.807) is 18.3 Å². The van der Waals surface area contributed by atoms with Gasteiger partial charge in [0, 0.05) is 5.69 Å². The third-order valence-electron chi connectivity index (χ3n) is 3.26. The van der Waals surface area contributed by atoms with Crippen molar-refractivity contribution in [2.45, 2.75) is 0 Å². The molecule has 24 heavy (non-hydrogen) atoms.